The Morgan fingerprint density at radius 1 is 1.29 bits per heavy atom. The topological polar surface area (TPSA) is 12.0 Å². The maximum Gasteiger partial charge on any atom is 0.416 e. The van der Waals surface area contributed by atoms with Crippen molar-refractivity contribution in [2.75, 3.05) is 6.54 Å². The number of hydrogen-bond donors (Lipinski definition) is 1. The minimum atomic E-state index is -4.27. The molecule has 1 aliphatic rings. The van der Waals surface area contributed by atoms with Gasteiger partial charge in [0.2, 0.25) is 0 Å². The Bertz CT molecular complexity index is 456. The molecule has 1 fully saturated rings. The fourth-order valence-electron chi connectivity index (χ4n) is 3.39. The van der Waals surface area contributed by atoms with E-state index >= 15 is 0 Å². The summed E-state index contributed by atoms with van der Waals surface area (Å²) in [6, 6.07) is 5.85. The minimum Gasteiger partial charge on any atom is -0.310 e. The van der Waals surface area contributed by atoms with Gasteiger partial charge >= 0.3 is 6.18 Å². The molecule has 1 saturated carbocycles. The molecule has 2 rings (SSSR count). The van der Waals surface area contributed by atoms with E-state index in [0.717, 1.165) is 31.0 Å². The van der Waals surface area contributed by atoms with Crippen LogP contribution >= 0.6 is 0 Å². The third-order valence-electron chi connectivity index (χ3n) is 4.54. The van der Waals surface area contributed by atoms with E-state index in [1.54, 1.807) is 0 Å². The van der Waals surface area contributed by atoms with E-state index in [1.807, 2.05) is 6.07 Å². The van der Waals surface area contributed by atoms with Gasteiger partial charge in [-0.15, -0.1) is 0 Å². The maximum absolute atomic E-state index is 12.9. The molecule has 1 aliphatic carbocycles. The molecule has 1 nitrogen and oxygen atoms in total. The second kappa shape index (κ2) is 6.82. The van der Waals surface area contributed by atoms with Gasteiger partial charge in [-0.3, -0.25) is 0 Å². The molecule has 4 heteroatoms. The molecule has 0 radical (unpaired) electrons. The molecule has 118 valence electrons. The number of rotatable bonds is 5. The lowest BCUT2D eigenvalue weighted by Gasteiger charge is -2.29. The first-order valence-corrected chi connectivity index (χ1v) is 7.84. The molecule has 1 N–H and O–H groups in total. The summed E-state index contributed by atoms with van der Waals surface area (Å²) >= 11 is 0. The van der Waals surface area contributed by atoms with E-state index in [4.69, 9.17) is 0 Å². The molecule has 3 atom stereocenters. The van der Waals surface area contributed by atoms with Crippen LogP contribution in [0.1, 0.15) is 56.7 Å². The number of hydrogen-bond acceptors (Lipinski definition) is 1. The fourth-order valence-corrected chi connectivity index (χ4v) is 3.39. The average molecular weight is 299 g/mol. The van der Waals surface area contributed by atoms with Gasteiger partial charge in [0.1, 0.15) is 0 Å². The Kier molecular flexibility index (Phi) is 5.31. The van der Waals surface area contributed by atoms with Crippen LogP contribution in [0.3, 0.4) is 0 Å². The summed E-state index contributed by atoms with van der Waals surface area (Å²) in [5, 5.41) is 3.47. The van der Waals surface area contributed by atoms with Crippen LogP contribution in [0.5, 0.6) is 0 Å². The normalized spacial score (nSPS) is 24.2. The summed E-state index contributed by atoms with van der Waals surface area (Å²) in [6.45, 7) is 5.13. The highest BCUT2D eigenvalue weighted by atomic mass is 19.4. The third kappa shape index (κ3) is 4.00. The first kappa shape index (κ1) is 16.3. The third-order valence-corrected chi connectivity index (χ3v) is 4.54. The first-order chi connectivity index (χ1) is 9.93. The van der Waals surface area contributed by atoms with Crippen molar-refractivity contribution in [2.45, 2.75) is 51.7 Å². The highest BCUT2D eigenvalue weighted by Gasteiger charge is 2.34. The van der Waals surface area contributed by atoms with Crippen molar-refractivity contribution in [1.29, 1.82) is 0 Å². The van der Waals surface area contributed by atoms with Crippen molar-refractivity contribution >= 4 is 0 Å². The van der Waals surface area contributed by atoms with E-state index in [2.05, 4.69) is 19.2 Å². The Labute approximate surface area is 124 Å². The van der Waals surface area contributed by atoms with Gasteiger partial charge in [-0.1, -0.05) is 38.8 Å². The van der Waals surface area contributed by atoms with Crippen LogP contribution in [0.15, 0.2) is 24.3 Å². The summed E-state index contributed by atoms with van der Waals surface area (Å²) in [5.74, 6) is 0.994. The zero-order valence-electron chi connectivity index (χ0n) is 12.7. The molecule has 0 spiro atoms. The molecule has 0 heterocycles. The smallest absolute Gasteiger partial charge is 0.310 e. The van der Waals surface area contributed by atoms with Crippen LogP contribution in [-0.2, 0) is 6.18 Å². The van der Waals surface area contributed by atoms with Crippen LogP contribution in [0.2, 0.25) is 0 Å². The second-order valence-electron chi connectivity index (χ2n) is 6.13. The predicted octanol–water partition coefficient (Wildman–Crippen LogP) is 5.18. The molecule has 0 saturated heterocycles. The first-order valence-electron chi connectivity index (χ1n) is 7.84. The van der Waals surface area contributed by atoms with Gasteiger partial charge in [0.15, 0.2) is 0 Å². The van der Waals surface area contributed by atoms with Gasteiger partial charge < -0.3 is 5.32 Å². The molecule has 3 unspecified atom stereocenters. The summed E-state index contributed by atoms with van der Waals surface area (Å²) < 4.78 is 38.8. The van der Waals surface area contributed by atoms with E-state index in [9.17, 15) is 13.2 Å². The quantitative estimate of drug-likeness (QED) is 0.789. The molecule has 0 bridgehead atoms. The van der Waals surface area contributed by atoms with Crippen LogP contribution < -0.4 is 5.32 Å². The van der Waals surface area contributed by atoms with Gasteiger partial charge in [-0.25, -0.2) is 0 Å². The van der Waals surface area contributed by atoms with Crippen LogP contribution in [-0.4, -0.2) is 6.54 Å². The largest absolute Gasteiger partial charge is 0.416 e. The fraction of sp³-hybridized carbons (Fsp3) is 0.647. The monoisotopic (exact) mass is 299 g/mol. The lowest BCUT2D eigenvalue weighted by molar-refractivity contribution is -0.137. The van der Waals surface area contributed by atoms with Gasteiger partial charge in [0, 0.05) is 6.04 Å². The molecular formula is C17H24F3N. The number of benzene rings is 1. The lowest BCUT2D eigenvalue weighted by Crippen LogP contribution is -2.30. The Balaban J connectivity index is 2.27. The van der Waals surface area contributed by atoms with Crippen molar-refractivity contribution in [3.63, 3.8) is 0 Å². The Morgan fingerprint density at radius 3 is 2.62 bits per heavy atom. The molecule has 21 heavy (non-hydrogen) atoms. The van der Waals surface area contributed by atoms with E-state index in [0.29, 0.717) is 11.8 Å². The molecule has 1 aromatic rings. The van der Waals surface area contributed by atoms with Crippen molar-refractivity contribution in [2.24, 2.45) is 11.8 Å². The maximum atomic E-state index is 12.9. The van der Waals surface area contributed by atoms with E-state index < -0.39 is 11.7 Å². The van der Waals surface area contributed by atoms with Gasteiger partial charge in [0.05, 0.1) is 5.56 Å². The zero-order valence-corrected chi connectivity index (χ0v) is 12.7. The zero-order chi connectivity index (χ0) is 15.5. The highest BCUT2D eigenvalue weighted by Crippen LogP contribution is 2.41. The van der Waals surface area contributed by atoms with E-state index in [1.165, 1.54) is 25.0 Å². The SMILES string of the molecule is CCCNC(c1cccc(C(F)(F)F)c1)C1CCCC1C. The molecular weight excluding hydrogens is 275 g/mol. The van der Waals surface area contributed by atoms with Gasteiger partial charge in [-0.05, 0) is 48.9 Å². The van der Waals surface area contributed by atoms with Crippen LogP contribution in [0.25, 0.3) is 0 Å². The summed E-state index contributed by atoms with van der Waals surface area (Å²) in [4.78, 5) is 0. The van der Waals surface area contributed by atoms with Crippen LogP contribution in [0, 0.1) is 11.8 Å². The van der Waals surface area contributed by atoms with Gasteiger partial charge in [0.25, 0.3) is 0 Å². The van der Waals surface area contributed by atoms with Crippen LogP contribution in [0.4, 0.5) is 13.2 Å². The number of halogens is 3. The van der Waals surface area contributed by atoms with Crippen molar-refractivity contribution in [3.8, 4) is 0 Å². The second-order valence-corrected chi connectivity index (χ2v) is 6.13. The summed E-state index contributed by atoms with van der Waals surface area (Å²) in [5.41, 5.74) is 0.228. The molecule has 0 aliphatic heterocycles. The molecule has 1 aromatic carbocycles. The Morgan fingerprint density at radius 2 is 2.05 bits per heavy atom. The molecule has 0 amide bonds. The standard InChI is InChI=1S/C17H24F3N/c1-3-10-21-16(15-9-4-6-12(15)2)13-7-5-8-14(11-13)17(18,19)20/h5,7-8,11-12,15-16,21H,3-4,6,9-10H2,1-2H3. The Hall–Kier alpha value is -1.03. The van der Waals surface area contributed by atoms with Crippen molar-refractivity contribution in [1.82, 2.24) is 5.32 Å². The summed E-state index contributed by atoms with van der Waals surface area (Å²) in [6.07, 6.45) is 0.158. The van der Waals surface area contributed by atoms with Crippen molar-refractivity contribution < 1.29 is 13.2 Å². The predicted molar refractivity (Wildman–Crippen MR) is 79.0 cm³/mol. The number of nitrogens with one attached hydrogen (secondary N) is 1. The van der Waals surface area contributed by atoms with E-state index in [-0.39, 0.29) is 6.04 Å². The summed E-state index contributed by atoms with van der Waals surface area (Å²) in [7, 11) is 0. The number of alkyl halides is 3. The minimum absolute atomic E-state index is 0.0322. The van der Waals surface area contributed by atoms with Crippen molar-refractivity contribution in [3.05, 3.63) is 35.4 Å². The lowest BCUT2D eigenvalue weighted by atomic mass is 9.85. The molecule has 0 aromatic heterocycles. The van der Waals surface area contributed by atoms with Gasteiger partial charge in [-0.2, -0.15) is 13.2 Å². The average Bonchev–Trinajstić information content (AvgIpc) is 2.85. The highest BCUT2D eigenvalue weighted by molar-refractivity contribution is 5.28.